The Balaban J connectivity index is 2.00. The summed E-state index contributed by atoms with van der Waals surface area (Å²) in [7, 11) is 0. The summed E-state index contributed by atoms with van der Waals surface area (Å²) in [5.41, 5.74) is 5.09. The third-order valence-electron chi connectivity index (χ3n) is 4.75. The van der Waals surface area contributed by atoms with Gasteiger partial charge in [0.15, 0.2) is 0 Å². The highest BCUT2D eigenvalue weighted by molar-refractivity contribution is 5.08. The molecule has 4 atom stereocenters. The van der Waals surface area contributed by atoms with Crippen LogP contribution in [0.15, 0.2) is 0 Å². The fourth-order valence-electron chi connectivity index (χ4n) is 4.24. The van der Waals surface area contributed by atoms with Crippen LogP contribution in [-0.2, 0) is 0 Å². The molecule has 3 aliphatic carbocycles. The highest BCUT2D eigenvalue weighted by Crippen LogP contribution is 2.58. The lowest BCUT2D eigenvalue weighted by Gasteiger charge is -2.31. The van der Waals surface area contributed by atoms with Crippen molar-refractivity contribution >= 4 is 0 Å². The van der Waals surface area contributed by atoms with Crippen LogP contribution in [-0.4, -0.2) is 5.54 Å². The summed E-state index contributed by atoms with van der Waals surface area (Å²) in [5.74, 6) is 3.17. The van der Waals surface area contributed by atoms with E-state index in [0.29, 0.717) is 5.54 Å². The SMILES string of the molecule is [NH3+][C@@]12CCC[C@@H]1[C@H]1CC[C@@H]2C1. The fourth-order valence-corrected chi connectivity index (χ4v) is 4.24. The second-order valence-corrected chi connectivity index (χ2v) is 5.00. The van der Waals surface area contributed by atoms with Crippen LogP contribution in [0.5, 0.6) is 0 Å². The van der Waals surface area contributed by atoms with Crippen LogP contribution in [0.2, 0.25) is 0 Å². The van der Waals surface area contributed by atoms with Crippen LogP contribution < -0.4 is 5.73 Å². The van der Waals surface area contributed by atoms with Crippen LogP contribution in [0, 0.1) is 17.8 Å². The molecular weight excluding hydrogens is 134 g/mol. The largest absolute Gasteiger partial charge is 0.352 e. The van der Waals surface area contributed by atoms with E-state index in [9.17, 15) is 0 Å². The van der Waals surface area contributed by atoms with Gasteiger partial charge in [-0.2, -0.15) is 0 Å². The van der Waals surface area contributed by atoms with Gasteiger partial charge in [0.1, 0.15) is 5.54 Å². The normalized spacial score (nSPS) is 60.3. The summed E-state index contributed by atoms with van der Waals surface area (Å²) < 4.78 is 0. The molecule has 0 heterocycles. The molecular formula is C10H18N+. The summed E-state index contributed by atoms with van der Waals surface area (Å²) in [4.78, 5) is 0. The van der Waals surface area contributed by atoms with E-state index in [1.165, 1.54) is 38.5 Å². The van der Waals surface area contributed by atoms with Crippen LogP contribution in [0.25, 0.3) is 0 Å². The number of hydrogen-bond acceptors (Lipinski definition) is 0. The van der Waals surface area contributed by atoms with Crippen molar-refractivity contribution < 1.29 is 5.73 Å². The van der Waals surface area contributed by atoms with Gasteiger partial charge in [0, 0.05) is 18.3 Å². The van der Waals surface area contributed by atoms with E-state index in [0.717, 1.165) is 17.8 Å². The molecule has 0 aliphatic heterocycles. The number of fused-ring (bicyclic) bond motifs is 5. The van der Waals surface area contributed by atoms with E-state index >= 15 is 0 Å². The fraction of sp³-hybridized carbons (Fsp3) is 1.00. The summed E-state index contributed by atoms with van der Waals surface area (Å²) in [5, 5.41) is 0. The van der Waals surface area contributed by atoms with E-state index in [4.69, 9.17) is 0 Å². The molecule has 3 N–H and O–H groups in total. The molecule has 0 aromatic heterocycles. The molecule has 0 amide bonds. The summed E-state index contributed by atoms with van der Waals surface area (Å²) >= 11 is 0. The molecule has 0 aromatic carbocycles. The first-order chi connectivity index (χ1) is 5.31. The zero-order valence-electron chi connectivity index (χ0n) is 7.18. The van der Waals surface area contributed by atoms with Crippen molar-refractivity contribution in [3.05, 3.63) is 0 Å². The van der Waals surface area contributed by atoms with Crippen molar-refractivity contribution in [2.75, 3.05) is 0 Å². The Morgan fingerprint density at radius 1 is 1.18 bits per heavy atom. The zero-order valence-corrected chi connectivity index (χ0v) is 7.18. The number of hydrogen-bond donors (Lipinski definition) is 1. The lowest BCUT2D eigenvalue weighted by Crippen LogP contribution is -2.76. The van der Waals surface area contributed by atoms with Gasteiger partial charge in [0.25, 0.3) is 0 Å². The van der Waals surface area contributed by atoms with Crippen molar-refractivity contribution in [3.8, 4) is 0 Å². The Bertz CT molecular complexity index is 189. The molecule has 1 heteroatoms. The Labute approximate surface area is 68.3 Å². The topological polar surface area (TPSA) is 27.6 Å². The van der Waals surface area contributed by atoms with E-state index in [1.807, 2.05) is 0 Å². The number of rotatable bonds is 0. The van der Waals surface area contributed by atoms with Gasteiger partial charge < -0.3 is 5.73 Å². The standard InChI is InChI=1S/C10H17N/c11-10-5-1-2-9(10)7-3-4-8(10)6-7/h7-9H,1-6,11H2/p+1/t7-,8+,9+,10+/m0/s1. The van der Waals surface area contributed by atoms with E-state index < -0.39 is 0 Å². The van der Waals surface area contributed by atoms with Gasteiger partial charge in [-0.15, -0.1) is 0 Å². The van der Waals surface area contributed by atoms with Gasteiger partial charge in [0.2, 0.25) is 0 Å². The Morgan fingerprint density at radius 2 is 2.09 bits per heavy atom. The summed E-state index contributed by atoms with van der Waals surface area (Å²) in [6.45, 7) is 0. The first-order valence-corrected chi connectivity index (χ1v) is 5.16. The molecule has 2 bridgehead atoms. The second kappa shape index (κ2) is 1.82. The molecule has 0 radical (unpaired) electrons. The predicted molar refractivity (Wildman–Crippen MR) is 43.8 cm³/mol. The minimum atomic E-state index is 0.572. The van der Waals surface area contributed by atoms with Crippen molar-refractivity contribution in [2.24, 2.45) is 17.8 Å². The maximum Gasteiger partial charge on any atom is 0.100 e. The lowest BCUT2D eigenvalue weighted by atomic mass is 9.76. The van der Waals surface area contributed by atoms with Crippen molar-refractivity contribution in [2.45, 2.75) is 44.1 Å². The summed E-state index contributed by atoms with van der Waals surface area (Å²) in [6, 6.07) is 0. The highest BCUT2D eigenvalue weighted by atomic mass is 14.9. The van der Waals surface area contributed by atoms with Crippen LogP contribution in [0.1, 0.15) is 38.5 Å². The van der Waals surface area contributed by atoms with E-state index in [1.54, 1.807) is 0 Å². The minimum absolute atomic E-state index is 0.572. The van der Waals surface area contributed by atoms with Crippen molar-refractivity contribution in [1.82, 2.24) is 0 Å². The van der Waals surface area contributed by atoms with Crippen molar-refractivity contribution in [1.29, 1.82) is 0 Å². The Hall–Kier alpha value is -0.0400. The molecule has 0 saturated heterocycles. The summed E-state index contributed by atoms with van der Waals surface area (Å²) in [6.07, 6.45) is 9.00. The zero-order chi connectivity index (χ0) is 7.47. The maximum atomic E-state index is 4.51. The minimum Gasteiger partial charge on any atom is -0.352 e. The van der Waals surface area contributed by atoms with Crippen molar-refractivity contribution in [3.63, 3.8) is 0 Å². The second-order valence-electron chi connectivity index (χ2n) is 5.00. The highest BCUT2D eigenvalue weighted by Gasteiger charge is 2.60. The molecule has 1 nitrogen and oxygen atoms in total. The average molecular weight is 152 g/mol. The maximum absolute atomic E-state index is 4.51. The molecule has 0 unspecified atom stereocenters. The molecule has 3 aliphatic rings. The third-order valence-corrected chi connectivity index (χ3v) is 4.75. The Morgan fingerprint density at radius 3 is 2.91 bits per heavy atom. The first-order valence-electron chi connectivity index (χ1n) is 5.16. The molecule has 0 spiro atoms. The third kappa shape index (κ3) is 0.618. The molecule has 3 saturated carbocycles. The Kier molecular flexibility index (Phi) is 1.07. The average Bonchev–Trinajstić information content (AvgIpc) is 2.54. The van der Waals surface area contributed by atoms with Gasteiger partial charge in [-0.25, -0.2) is 0 Å². The molecule has 3 fully saturated rings. The lowest BCUT2D eigenvalue weighted by molar-refractivity contribution is -0.499. The predicted octanol–water partition coefficient (Wildman–Crippen LogP) is 1.20. The monoisotopic (exact) mass is 152 g/mol. The van der Waals surface area contributed by atoms with Gasteiger partial charge in [0.05, 0.1) is 0 Å². The van der Waals surface area contributed by atoms with Gasteiger partial charge >= 0.3 is 0 Å². The van der Waals surface area contributed by atoms with E-state index in [2.05, 4.69) is 5.73 Å². The molecule has 11 heavy (non-hydrogen) atoms. The first kappa shape index (κ1) is 6.47. The molecule has 3 rings (SSSR count). The van der Waals surface area contributed by atoms with Gasteiger partial charge in [-0.1, -0.05) is 0 Å². The van der Waals surface area contributed by atoms with Gasteiger partial charge in [-0.3, -0.25) is 0 Å². The van der Waals surface area contributed by atoms with Crippen LogP contribution in [0.4, 0.5) is 0 Å². The number of quaternary nitrogens is 1. The molecule has 0 aromatic rings. The quantitative estimate of drug-likeness (QED) is 0.540. The van der Waals surface area contributed by atoms with E-state index in [-0.39, 0.29) is 0 Å². The van der Waals surface area contributed by atoms with Crippen LogP contribution in [0.3, 0.4) is 0 Å². The smallest absolute Gasteiger partial charge is 0.100 e. The molecule has 62 valence electrons. The van der Waals surface area contributed by atoms with Crippen LogP contribution >= 0.6 is 0 Å². The van der Waals surface area contributed by atoms with Gasteiger partial charge in [-0.05, 0) is 38.0 Å².